The van der Waals surface area contributed by atoms with Crippen LogP contribution < -0.4 is 4.72 Å². The minimum atomic E-state index is -3.09. The van der Waals surface area contributed by atoms with Gasteiger partial charge in [-0.25, -0.2) is 13.1 Å². The standard InChI is InChI=1S/C10H21BrN2O2S/c1-10-5-2-3-7-13(10)8-4-6-12-16(14,15)9-11/h10,12H,2-9H2,1H3. The summed E-state index contributed by atoms with van der Waals surface area (Å²) < 4.78 is 24.8. The molecule has 0 aromatic carbocycles. The Morgan fingerprint density at radius 2 is 2.19 bits per heavy atom. The summed E-state index contributed by atoms with van der Waals surface area (Å²) in [5.74, 6) is 0. The first-order chi connectivity index (χ1) is 7.55. The van der Waals surface area contributed by atoms with Crippen LogP contribution in [0, 0.1) is 0 Å². The molecule has 96 valence electrons. The van der Waals surface area contributed by atoms with Gasteiger partial charge in [0.25, 0.3) is 0 Å². The third-order valence-electron chi connectivity index (χ3n) is 3.03. The van der Waals surface area contributed by atoms with Crippen LogP contribution in [0.3, 0.4) is 0 Å². The van der Waals surface area contributed by atoms with Crippen LogP contribution in [-0.4, -0.2) is 43.7 Å². The molecule has 1 rings (SSSR count). The molecule has 1 aliphatic rings. The zero-order chi connectivity index (χ0) is 12.0. The highest BCUT2D eigenvalue weighted by Gasteiger charge is 2.17. The van der Waals surface area contributed by atoms with E-state index in [4.69, 9.17) is 0 Å². The summed E-state index contributed by atoms with van der Waals surface area (Å²) in [7, 11) is -3.09. The van der Waals surface area contributed by atoms with Crippen molar-refractivity contribution in [3.63, 3.8) is 0 Å². The second kappa shape index (κ2) is 6.93. The molecule has 1 unspecified atom stereocenters. The molecule has 0 amide bonds. The van der Waals surface area contributed by atoms with Crippen molar-refractivity contribution >= 4 is 26.0 Å². The lowest BCUT2D eigenvalue weighted by atomic mass is 10.0. The minimum Gasteiger partial charge on any atom is -0.301 e. The van der Waals surface area contributed by atoms with Gasteiger partial charge in [-0.15, -0.1) is 0 Å². The number of sulfonamides is 1. The zero-order valence-corrected chi connectivity index (χ0v) is 12.2. The molecule has 0 aromatic rings. The Hall–Kier alpha value is 0.350. The van der Waals surface area contributed by atoms with Crippen LogP contribution in [0.25, 0.3) is 0 Å². The number of likely N-dealkylation sites (tertiary alicyclic amines) is 1. The van der Waals surface area contributed by atoms with Crippen LogP contribution in [0.15, 0.2) is 0 Å². The predicted molar refractivity (Wildman–Crippen MR) is 70.2 cm³/mol. The topological polar surface area (TPSA) is 49.4 Å². The number of nitrogens with zero attached hydrogens (tertiary/aromatic N) is 1. The molecule has 4 nitrogen and oxygen atoms in total. The second-order valence-electron chi connectivity index (χ2n) is 4.35. The number of hydrogen-bond donors (Lipinski definition) is 1. The lowest BCUT2D eigenvalue weighted by molar-refractivity contribution is 0.159. The quantitative estimate of drug-likeness (QED) is 0.597. The third-order valence-corrected chi connectivity index (χ3v) is 5.77. The van der Waals surface area contributed by atoms with E-state index >= 15 is 0 Å². The van der Waals surface area contributed by atoms with Crippen molar-refractivity contribution < 1.29 is 8.42 Å². The molecular formula is C10H21BrN2O2S. The zero-order valence-electron chi connectivity index (χ0n) is 9.78. The van der Waals surface area contributed by atoms with Gasteiger partial charge in [-0.05, 0) is 39.3 Å². The molecule has 1 N–H and O–H groups in total. The smallest absolute Gasteiger partial charge is 0.221 e. The molecule has 1 saturated heterocycles. The number of rotatable bonds is 6. The fourth-order valence-electron chi connectivity index (χ4n) is 2.04. The minimum absolute atomic E-state index is 0.0138. The van der Waals surface area contributed by atoms with Crippen molar-refractivity contribution in [2.75, 3.05) is 24.3 Å². The van der Waals surface area contributed by atoms with Crippen molar-refractivity contribution in [3.05, 3.63) is 0 Å². The Morgan fingerprint density at radius 3 is 2.81 bits per heavy atom. The molecule has 6 heteroatoms. The van der Waals surface area contributed by atoms with Gasteiger partial charge in [-0.3, -0.25) is 0 Å². The lowest BCUT2D eigenvalue weighted by Gasteiger charge is -2.33. The van der Waals surface area contributed by atoms with Crippen LogP contribution in [-0.2, 0) is 10.0 Å². The summed E-state index contributed by atoms with van der Waals surface area (Å²) in [6.45, 7) is 4.94. The maximum atomic E-state index is 11.1. The van der Waals surface area contributed by atoms with Gasteiger partial charge in [0.05, 0.1) is 0 Å². The van der Waals surface area contributed by atoms with E-state index in [0.717, 1.165) is 19.5 Å². The average molecular weight is 313 g/mol. The second-order valence-corrected chi connectivity index (χ2v) is 7.46. The van der Waals surface area contributed by atoms with E-state index in [2.05, 4.69) is 32.5 Å². The average Bonchev–Trinajstić information content (AvgIpc) is 2.27. The number of halogens is 1. The summed E-state index contributed by atoms with van der Waals surface area (Å²) in [4.78, 5) is 2.45. The Bertz CT molecular complexity index is 295. The van der Waals surface area contributed by atoms with Gasteiger partial charge in [-0.2, -0.15) is 0 Å². The fourth-order valence-corrected chi connectivity index (χ4v) is 3.06. The summed E-state index contributed by atoms with van der Waals surface area (Å²) in [5, 5.41) is 0. The first kappa shape index (κ1) is 14.4. The predicted octanol–water partition coefficient (Wildman–Crippen LogP) is 1.52. The molecule has 1 atom stereocenters. The molecule has 1 fully saturated rings. The van der Waals surface area contributed by atoms with E-state index in [1.165, 1.54) is 19.3 Å². The van der Waals surface area contributed by atoms with Crippen LogP contribution in [0.2, 0.25) is 0 Å². The van der Waals surface area contributed by atoms with Gasteiger partial charge in [0, 0.05) is 12.6 Å². The molecule has 0 aliphatic carbocycles. The number of alkyl halides is 1. The Labute approximate surface area is 107 Å². The summed E-state index contributed by atoms with van der Waals surface area (Å²) in [6.07, 6.45) is 4.76. The highest BCUT2D eigenvalue weighted by Crippen LogP contribution is 2.16. The van der Waals surface area contributed by atoms with Crippen LogP contribution in [0.4, 0.5) is 0 Å². The number of hydrogen-bond acceptors (Lipinski definition) is 3. The Balaban J connectivity index is 2.15. The largest absolute Gasteiger partial charge is 0.301 e. The fraction of sp³-hybridized carbons (Fsp3) is 1.00. The highest BCUT2D eigenvalue weighted by atomic mass is 79.9. The Morgan fingerprint density at radius 1 is 1.44 bits per heavy atom. The van der Waals surface area contributed by atoms with Crippen molar-refractivity contribution in [3.8, 4) is 0 Å². The van der Waals surface area contributed by atoms with Crippen molar-refractivity contribution in [1.29, 1.82) is 0 Å². The molecule has 0 aromatic heterocycles. The maximum absolute atomic E-state index is 11.1. The number of nitrogens with one attached hydrogen (secondary N) is 1. The van der Waals surface area contributed by atoms with Gasteiger partial charge in [-0.1, -0.05) is 22.4 Å². The van der Waals surface area contributed by atoms with Crippen molar-refractivity contribution in [2.45, 2.75) is 38.6 Å². The van der Waals surface area contributed by atoms with E-state index < -0.39 is 10.0 Å². The summed E-state index contributed by atoms with van der Waals surface area (Å²) >= 11 is 2.95. The van der Waals surface area contributed by atoms with Gasteiger partial charge in [0.15, 0.2) is 0 Å². The van der Waals surface area contributed by atoms with Crippen LogP contribution >= 0.6 is 15.9 Å². The highest BCUT2D eigenvalue weighted by molar-refractivity contribution is 9.10. The molecule has 1 heterocycles. The summed E-state index contributed by atoms with van der Waals surface area (Å²) in [5.41, 5.74) is 0. The molecule has 1 aliphatic heterocycles. The van der Waals surface area contributed by atoms with E-state index in [1.54, 1.807) is 0 Å². The maximum Gasteiger partial charge on any atom is 0.221 e. The van der Waals surface area contributed by atoms with Crippen LogP contribution in [0.5, 0.6) is 0 Å². The SMILES string of the molecule is CC1CCCCN1CCCNS(=O)(=O)CBr. The van der Waals surface area contributed by atoms with Gasteiger partial charge in [0.1, 0.15) is 4.66 Å². The monoisotopic (exact) mass is 312 g/mol. The van der Waals surface area contributed by atoms with Gasteiger partial charge < -0.3 is 4.90 Å². The third kappa shape index (κ3) is 5.12. The van der Waals surface area contributed by atoms with Gasteiger partial charge in [0.2, 0.25) is 10.0 Å². The van der Waals surface area contributed by atoms with Gasteiger partial charge >= 0.3 is 0 Å². The number of piperidine rings is 1. The normalized spacial score (nSPS) is 23.5. The lowest BCUT2D eigenvalue weighted by Crippen LogP contribution is -2.39. The molecule has 16 heavy (non-hydrogen) atoms. The first-order valence-corrected chi connectivity index (χ1v) is 8.60. The van der Waals surface area contributed by atoms with E-state index in [-0.39, 0.29) is 4.66 Å². The molecular weight excluding hydrogens is 292 g/mol. The van der Waals surface area contributed by atoms with E-state index in [9.17, 15) is 8.42 Å². The molecule has 0 bridgehead atoms. The van der Waals surface area contributed by atoms with Crippen LogP contribution in [0.1, 0.15) is 32.6 Å². The van der Waals surface area contributed by atoms with Crippen molar-refractivity contribution in [2.24, 2.45) is 0 Å². The Kier molecular flexibility index (Phi) is 6.25. The molecule has 0 spiro atoms. The van der Waals surface area contributed by atoms with E-state index in [1.807, 2.05) is 0 Å². The van der Waals surface area contributed by atoms with Crippen molar-refractivity contribution in [1.82, 2.24) is 9.62 Å². The van der Waals surface area contributed by atoms with E-state index in [0.29, 0.717) is 12.6 Å². The molecule has 0 saturated carbocycles. The first-order valence-electron chi connectivity index (χ1n) is 5.82. The molecule has 0 radical (unpaired) electrons. The summed E-state index contributed by atoms with van der Waals surface area (Å²) in [6, 6.07) is 0.654.